The Balaban J connectivity index is 2.46. The second-order valence-corrected chi connectivity index (χ2v) is 5.50. The molecule has 0 spiro atoms. The standard InChI is InChI=1S/C13H18N2O/c1-12(2,3)13(4)14-10-8-6-5-7-9(10)11(16)15-13/h5-8,14H,1-4H3,(H,15,16). The summed E-state index contributed by atoms with van der Waals surface area (Å²) in [6.45, 7) is 8.33. The maximum absolute atomic E-state index is 12.0. The fourth-order valence-electron chi connectivity index (χ4n) is 1.76. The summed E-state index contributed by atoms with van der Waals surface area (Å²) < 4.78 is 0. The molecule has 0 saturated heterocycles. The molecular weight excluding hydrogens is 200 g/mol. The molecule has 1 amide bonds. The number of rotatable bonds is 0. The third-order valence-electron chi connectivity index (χ3n) is 3.42. The summed E-state index contributed by atoms with van der Waals surface area (Å²) >= 11 is 0. The lowest BCUT2D eigenvalue weighted by Crippen LogP contribution is -2.62. The number of anilines is 1. The highest BCUT2D eigenvalue weighted by atomic mass is 16.2. The van der Waals surface area contributed by atoms with Crippen LogP contribution in [0.5, 0.6) is 0 Å². The summed E-state index contributed by atoms with van der Waals surface area (Å²) in [6.07, 6.45) is 0. The Kier molecular flexibility index (Phi) is 2.22. The van der Waals surface area contributed by atoms with Crippen LogP contribution in [0.3, 0.4) is 0 Å². The van der Waals surface area contributed by atoms with Crippen LogP contribution in [0.15, 0.2) is 24.3 Å². The fraction of sp³-hybridized carbons (Fsp3) is 0.462. The molecule has 86 valence electrons. The van der Waals surface area contributed by atoms with Gasteiger partial charge in [-0.1, -0.05) is 32.9 Å². The molecule has 0 fully saturated rings. The van der Waals surface area contributed by atoms with Gasteiger partial charge in [-0.25, -0.2) is 0 Å². The van der Waals surface area contributed by atoms with Gasteiger partial charge in [0.15, 0.2) is 0 Å². The number of carbonyl (C=O) groups excluding carboxylic acids is 1. The van der Waals surface area contributed by atoms with Gasteiger partial charge in [-0.15, -0.1) is 0 Å². The lowest BCUT2D eigenvalue weighted by Gasteiger charge is -2.46. The Morgan fingerprint density at radius 1 is 1.12 bits per heavy atom. The molecule has 1 unspecified atom stereocenters. The van der Waals surface area contributed by atoms with Crippen LogP contribution < -0.4 is 10.6 Å². The second kappa shape index (κ2) is 3.24. The van der Waals surface area contributed by atoms with Gasteiger partial charge in [0.25, 0.3) is 5.91 Å². The minimum absolute atomic E-state index is 0.00762. The van der Waals surface area contributed by atoms with Gasteiger partial charge in [-0.3, -0.25) is 4.79 Å². The Hall–Kier alpha value is -1.51. The van der Waals surface area contributed by atoms with E-state index < -0.39 is 5.66 Å². The van der Waals surface area contributed by atoms with Crippen molar-refractivity contribution in [3.05, 3.63) is 29.8 Å². The first-order chi connectivity index (χ1) is 7.33. The summed E-state index contributed by atoms with van der Waals surface area (Å²) in [5.74, 6) is -0.00762. The Morgan fingerprint density at radius 3 is 2.38 bits per heavy atom. The number of amides is 1. The summed E-state index contributed by atoms with van der Waals surface area (Å²) in [5.41, 5.74) is 1.14. The fourth-order valence-corrected chi connectivity index (χ4v) is 1.76. The molecule has 1 aromatic rings. The number of fused-ring (bicyclic) bond motifs is 1. The van der Waals surface area contributed by atoms with Gasteiger partial charge >= 0.3 is 0 Å². The van der Waals surface area contributed by atoms with E-state index in [0.29, 0.717) is 5.56 Å². The molecule has 1 aliphatic heterocycles. The van der Waals surface area contributed by atoms with Crippen molar-refractivity contribution in [2.75, 3.05) is 5.32 Å². The third kappa shape index (κ3) is 1.56. The quantitative estimate of drug-likeness (QED) is 0.702. The molecule has 0 radical (unpaired) electrons. The predicted molar refractivity (Wildman–Crippen MR) is 65.4 cm³/mol. The van der Waals surface area contributed by atoms with Crippen LogP contribution in [0.1, 0.15) is 38.1 Å². The molecule has 1 atom stereocenters. The smallest absolute Gasteiger partial charge is 0.255 e. The van der Waals surface area contributed by atoms with Crippen LogP contribution >= 0.6 is 0 Å². The summed E-state index contributed by atoms with van der Waals surface area (Å²) in [6, 6.07) is 7.59. The van der Waals surface area contributed by atoms with E-state index in [0.717, 1.165) is 5.69 Å². The first kappa shape index (κ1) is 11.0. The zero-order valence-electron chi connectivity index (χ0n) is 10.2. The molecule has 2 rings (SSSR count). The number of hydrogen-bond donors (Lipinski definition) is 2. The molecule has 3 nitrogen and oxygen atoms in total. The molecule has 1 aliphatic rings. The Morgan fingerprint density at radius 2 is 1.75 bits per heavy atom. The third-order valence-corrected chi connectivity index (χ3v) is 3.42. The number of nitrogens with one attached hydrogen (secondary N) is 2. The highest BCUT2D eigenvalue weighted by Gasteiger charge is 2.42. The van der Waals surface area contributed by atoms with E-state index >= 15 is 0 Å². The molecule has 0 aliphatic carbocycles. The van der Waals surface area contributed by atoms with Gasteiger partial charge in [-0.05, 0) is 19.1 Å². The molecule has 0 saturated carbocycles. The zero-order valence-corrected chi connectivity index (χ0v) is 10.2. The van der Waals surface area contributed by atoms with E-state index in [4.69, 9.17) is 0 Å². The van der Waals surface area contributed by atoms with Crippen molar-refractivity contribution in [1.82, 2.24) is 5.32 Å². The van der Waals surface area contributed by atoms with Crippen LogP contribution in [0.4, 0.5) is 5.69 Å². The molecule has 2 N–H and O–H groups in total. The molecule has 0 aromatic heterocycles. The van der Waals surface area contributed by atoms with E-state index in [1.807, 2.05) is 31.2 Å². The summed E-state index contributed by atoms with van der Waals surface area (Å²) in [4.78, 5) is 12.0. The summed E-state index contributed by atoms with van der Waals surface area (Å²) in [7, 11) is 0. The van der Waals surface area contributed by atoms with Gasteiger partial charge in [0.2, 0.25) is 0 Å². The minimum Gasteiger partial charge on any atom is -0.362 e. The van der Waals surface area contributed by atoms with Crippen molar-refractivity contribution < 1.29 is 4.79 Å². The maximum Gasteiger partial charge on any atom is 0.255 e. The van der Waals surface area contributed by atoms with Crippen molar-refractivity contribution >= 4 is 11.6 Å². The van der Waals surface area contributed by atoms with Gasteiger partial charge < -0.3 is 10.6 Å². The van der Waals surface area contributed by atoms with Crippen molar-refractivity contribution in [2.24, 2.45) is 5.41 Å². The molecule has 16 heavy (non-hydrogen) atoms. The lowest BCUT2D eigenvalue weighted by molar-refractivity contribution is 0.0823. The predicted octanol–water partition coefficient (Wildman–Crippen LogP) is 2.60. The normalized spacial score (nSPS) is 24.4. The Bertz CT molecular complexity index is 434. The second-order valence-electron chi connectivity index (χ2n) is 5.50. The SMILES string of the molecule is CC(C)(C)C1(C)NC(=O)c2ccccc2N1. The maximum atomic E-state index is 12.0. The number of benzene rings is 1. The highest BCUT2D eigenvalue weighted by Crippen LogP contribution is 2.35. The Labute approximate surface area is 96.2 Å². The van der Waals surface area contributed by atoms with Crippen LogP contribution in [-0.2, 0) is 0 Å². The first-order valence-corrected chi connectivity index (χ1v) is 5.53. The average molecular weight is 218 g/mol. The van der Waals surface area contributed by atoms with Crippen LogP contribution in [0.25, 0.3) is 0 Å². The van der Waals surface area contributed by atoms with E-state index in [1.165, 1.54) is 0 Å². The molecule has 0 bridgehead atoms. The largest absolute Gasteiger partial charge is 0.362 e. The van der Waals surface area contributed by atoms with Gasteiger partial charge in [0, 0.05) is 11.1 Å². The molecule has 3 heteroatoms. The van der Waals surface area contributed by atoms with E-state index in [-0.39, 0.29) is 11.3 Å². The number of carbonyl (C=O) groups is 1. The van der Waals surface area contributed by atoms with Gasteiger partial charge in [0.05, 0.1) is 5.56 Å². The van der Waals surface area contributed by atoms with Crippen molar-refractivity contribution in [2.45, 2.75) is 33.4 Å². The van der Waals surface area contributed by atoms with Crippen LogP contribution in [0, 0.1) is 5.41 Å². The van der Waals surface area contributed by atoms with Crippen LogP contribution in [-0.4, -0.2) is 11.6 Å². The zero-order chi connectivity index (χ0) is 12.0. The highest BCUT2D eigenvalue weighted by molar-refractivity contribution is 6.02. The van der Waals surface area contributed by atoms with E-state index in [1.54, 1.807) is 0 Å². The van der Waals surface area contributed by atoms with Crippen molar-refractivity contribution in [3.63, 3.8) is 0 Å². The average Bonchev–Trinajstić information content (AvgIpc) is 2.15. The minimum atomic E-state index is -0.418. The first-order valence-electron chi connectivity index (χ1n) is 5.53. The van der Waals surface area contributed by atoms with E-state index in [9.17, 15) is 4.79 Å². The van der Waals surface area contributed by atoms with E-state index in [2.05, 4.69) is 31.4 Å². The number of para-hydroxylation sites is 1. The molecular formula is C13H18N2O. The molecule has 1 heterocycles. The topological polar surface area (TPSA) is 41.1 Å². The number of hydrogen-bond acceptors (Lipinski definition) is 2. The summed E-state index contributed by atoms with van der Waals surface area (Å²) in [5, 5.41) is 6.45. The van der Waals surface area contributed by atoms with Crippen molar-refractivity contribution in [1.29, 1.82) is 0 Å². The lowest BCUT2D eigenvalue weighted by atomic mass is 9.80. The van der Waals surface area contributed by atoms with Gasteiger partial charge in [-0.2, -0.15) is 0 Å². The molecule has 1 aromatic carbocycles. The van der Waals surface area contributed by atoms with Gasteiger partial charge in [0.1, 0.15) is 5.66 Å². The monoisotopic (exact) mass is 218 g/mol. The van der Waals surface area contributed by atoms with Crippen molar-refractivity contribution in [3.8, 4) is 0 Å². The van der Waals surface area contributed by atoms with Crippen LogP contribution in [0.2, 0.25) is 0 Å².